The van der Waals surface area contributed by atoms with Crippen LogP contribution in [0.2, 0.25) is 0 Å². The van der Waals surface area contributed by atoms with Crippen molar-refractivity contribution >= 4 is 22.4 Å². The second-order valence-corrected chi connectivity index (χ2v) is 5.06. The normalized spacial score (nSPS) is 10.9. The van der Waals surface area contributed by atoms with Crippen LogP contribution in [-0.2, 0) is 4.74 Å². The van der Waals surface area contributed by atoms with Gasteiger partial charge in [0.25, 0.3) is 0 Å². The number of nitrogens with two attached hydrogens (primary N) is 1. The molecule has 104 valence electrons. The topological polar surface area (TPSA) is 69.4 Å². The first-order valence-corrected chi connectivity index (χ1v) is 7.15. The molecule has 0 aliphatic rings. The highest BCUT2D eigenvalue weighted by atomic mass is 32.1. The van der Waals surface area contributed by atoms with E-state index in [1.807, 2.05) is 13.8 Å². The summed E-state index contributed by atoms with van der Waals surface area (Å²) in [6, 6.07) is 0. The third-order valence-corrected chi connectivity index (χ3v) is 2.93. The molecule has 0 aliphatic carbocycles. The smallest absolute Gasteiger partial charge is 0.197 e. The summed E-state index contributed by atoms with van der Waals surface area (Å²) in [6.45, 7) is 8.48. The number of rotatable bonds is 9. The van der Waals surface area contributed by atoms with Gasteiger partial charge in [0.15, 0.2) is 16.6 Å². The maximum Gasteiger partial charge on any atom is 0.197 e. The standard InChI is InChI=1S/C12H23N3O2S/c1-4-7-16-8-5-6-14-12-10(17-9(2)3)11(13)15-18-12/h9,14H,4-8H2,1-3H3,(H2,13,15). The second kappa shape index (κ2) is 8.16. The summed E-state index contributed by atoms with van der Waals surface area (Å²) in [7, 11) is 0. The Morgan fingerprint density at radius 3 is 2.83 bits per heavy atom. The number of ether oxygens (including phenoxy) is 2. The van der Waals surface area contributed by atoms with Gasteiger partial charge in [0.2, 0.25) is 0 Å². The molecule has 18 heavy (non-hydrogen) atoms. The van der Waals surface area contributed by atoms with Crippen molar-refractivity contribution < 1.29 is 9.47 Å². The van der Waals surface area contributed by atoms with Crippen molar-refractivity contribution in [2.24, 2.45) is 0 Å². The molecule has 0 aromatic carbocycles. The van der Waals surface area contributed by atoms with Gasteiger partial charge in [-0.1, -0.05) is 6.92 Å². The van der Waals surface area contributed by atoms with Crippen molar-refractivity contribution in [2.75, 3.05) is 30.8 Å². The average Bonchev–Trinajstić information content (AvgIpc) is 2.65. The summed E-state index contributed by atoms with van der Waals surface area (Å²) in [5, 5.41) is 4.19. The molecule has 1 heterocycles. The predicted octanol–water partition coefficient (Wildman–Crippen LogP) is 2.74. The molecule has 0 unspecified atom stereocenters. The van der Waals surface area contributed by atoms with Gasteiger partial charge >= 0.3 is 0 Å². The van der Waals surface area contributed by atoms with Crippen LogP contribution in [0.15, 0.2) is 0 Å². The Bertz CT molecular complexity index is 342. The van der Waals surface area contributed by atoms with E-state index in [-0.39, 0.29) is 6.10 Å². The van der Waals surface area contributed by atoms with Gasteiger partial charge in [-0.25, -0.2) is 0 Å². The Hall–Kier alpha value is -1.01. The molecule has 0 saturated carbocycles. The van der Waals surface area contributed by atoms with E-state index >= 15 is 0 Å². The largest absolute Gasteiger partial charge is 0.484 e. The summed E-state index contributed by atoms with van der Waals surface area (Å²) in [5.74, 6) is 1.13. The SMILES string of the molecule is CCCOCCCNc1snc(N)c1OC(C)C. The molecule has 5 nitrogen and oxygen atoms in total. The van der Waals surface area contributed by atoms with E-state index in [9.17, 15) is 0 Å². The van der Waals surface area contributed by atoms with Gasteiger partial charge in [-0.15, -0.1) is 0 Å². The van der Waals surface area contributed by atoms with Crippen LogP contribution < -0.4 is 15.8 Å². The van der Waals surface area contributed by atoms with Crippen molar-refractivity contribution in [1.29, 1.82) is 0 Å². The molecule has 6 heteroatoms. The maximum atomic E-state index is 5.77. The Balaban J connectivity index is 2.33. The Labute approximate surface area is 113 Å². The van der Waals surface area contributed by atoms with Crippen LogP contribution in [0.3, 0.4) is 0 Å². The van der Waals surface area contributed by atoms with Gasteiger partial charge in [0.05, 0.1) is 6.10 Å². The Morgan fingerprint density at radius 1 is 1.39 bits per heavy atom. The fourth-order valence-electron chi connectivity index (χ4n) is 1.38. The third kappa shape index (κ3) is 5.10. The Morgan fingerprint density at radius 2 is 2.17 bits per heavy atom. The highest BCUT2D eigenvalue weighted by molar-refractivity contribution is 7.11. The number of anilines is 2. The van der Waals surface area contributed by atoms with Crippen molar-refractivity contribution in [2.45, 2.75) is 39.7 Å². The minimum Gasteiger partial charge on any atom is -0.484 e. The molecule has 3 N–H and O–H groups in total. The molecule has 0 amide bonds. The molecule has 0 fully saturated rings. The van der Waals surface area contributed by atoms with Crippen molar-refractivity contribution in [3.05, 3.63) is 0 Å². The third-order valence-electron chi connectivity index (χ3n) is 2.13. The van der Waals surface area contributed by atoms with Gasteiger partial charge in [0, 0.05) is 19.8 Å². The molecular formula is C12H23N3O2S. The van der Waals surface area contributed by atoms with E-state index in [0.29, 0.717) is 11.6 Å². The summed E-state index contributed by atoms with van der Waals surface area (Å²) < 4.78 is 15.2. The number of nitrogens with one attached hydrogen (secondary N) is 1. The molecular weight excluding hydrogens is 250 g/mol. The predicted molar refractivity (Wildman–Crippen MR) is 76.5 cm³/mol. The molecule has 1 aromatic rings. The Kier molecular flexibility index (Phi) is 6.82. The van der Waals surface area contributed by atoms with Crippen LogP contribution in [0.5, 0.6) is 5.75 Å². The number of nitrogens with zero attached hydrogens (tertiary/aromatic N) is 1. The van der Waals surface area contributed by atoms with Crippen molar-refractivity contribution in [3.8, 4) is 5.75 Å². The van der Waals surface area contributed by atoms with E-state index in [0.717, 1.165) is 37.6 Å². The van der Waals surface area contributed by atoms with Gasteiger partial charge < -0.3 is 20.5 Å². The van der Waals surface area contributed by atoms with Crippen LogP contribution in [0, 0.1) is 0 Å². The van der Waals surface area contributed by atoms with Crippen LogP contribution in [0.1, 0.15) is 33.6 Å². The number of aromatic nitrogens is 1. The zero-order valence-electron chi connectivity index (χ0n) is 11.4. The minimum atomic E-state index is 0.0946. The zero-order chi connectivity index (χ0) is 13.4. The highest BCUT2D eigenvalue weighted by Gasteiger charge is 2.13. The summed E-state index contributed by atoms with van der Waals surface area (Å²) in [4.78, 5) is 0. The van der Waals surface area contributed by atoms with Crippen molar-refractivity contribution in [1.82, 2.24) is 4.37 Å². The van der Waals surface area contributed by atoms with Gasteiger partial charge in [-0.05, 0) is 38.2 Å². The monoisotopic (exact) mass is 273 g/mol. The molecule has 1 aromatic heterocycles. The van der Waals surface area contributed by atoms with Crippen LogP contribution in [0.25, 0.3) is 0 Å². The zero-order valence-corrected chi connectivity index (χ0v) is 12.2. The first-order chi connectivity index (χ1) is 8.65. The molecule has 0 aliphatic heterocycles. The molecule has 0 atom stereocenters. The minimum absolute atomic E-state index is 0.0946. The lowest BCUT2D eigenvalue weighted by Crippen LogP contribution is -2.10. The van der Waals surface area contributed by atoms with Crippen molar-refractivity contribution in [3.63, 3.8) is 0 Å². The highest BCUT2D eigenvalue weighted by Crippen LogP contribution is 2.35. The van der Waals surface area contributed by atoms with Gasteiger partial charge in [0.1, 0.15) is 0 Å². The fourth-order valence-corrected chi connectivity index (χ4v) is 2.05. The number of nitrogen functional groups attached to an aromatic ring is 1. The second-order valence-electron chi connectivity index (χ2n) is 4.29. The number of hydrogen-bond donors (Lipinski definition) is 2. The lowest BCUT2D eigenvalue weighted by Gasteiger charge is -2.11. The first-order valence-electron chi connectivity index (χ1n) is 6.38. The van der Waals surface area contributed by atoms with E-state index in [4.69, 9.17) is 15.2 Å². The quantitative estimate of drug-likeness (QED) is 0.677. The first kappa shape index (κ1) is 15.0. The summed E-state index contributed by atoms with van der Waals surface area (Å²) in [5.41, 5.74) is 5.77. The molecule has 1 rings (SSSR count). The summed E-state index contributed by atoms with van der Waals surface area (Å²) >= 11 is 1.33. The van der Waals surface area contributed by atoms with Gasteiger partial charge in [-0.2, -0.15) is 4.37 Å². The fraction of sp³-hybridized carbons (Fsp3) is 0.750. The lowest BCUT2D eigenvalue weighted by molar-refractivity contribution is 0.134. The van der Waals surface area contributed by atoms with E-state index in [1.54, 1.807) is 0 Å². The molecule has 0 saturated heterocycles. The summed E-state index contributed by atoms with van der Waals surface area (Å²) in [6.07, 6.45) is 2.11. The van der Waals surface area contributed by atoms with Crippen LogP contribution in [-0.4, -0.2) is 30.2 Å². The molecule has 0 bridgehead atoms. The number of hydrogen-bond acceptors (Lipinski definition) is 6. The lowest BCUT2D eigenvalue weighted by atomic mass is 10.4. The van der Waals surface area contributed by atoms with E-state index in [2.05, 4.69) is 16.6 Å². The van der Waals surface area contributed by atoms with Crippen LogP contribution in [0.4, 0.5) is 10.8 Å². The van der Waals surface area contributed by atoms with E-state index in [1.165, 1.54) is 11.5 Å². The average molecular weight is 273 g/mol. The molecule has 0 spiro atoms. The van der Waals surface area contributed by atoms with Crippen LogP contribution >= 0.6 is 11.5 Å². The maximum absolute atomic E-state index is 5.77. The van der Waals surface area contributed by atoms with Gasteiger partial charge in [-0.3, -0.25) is 0 Å². The van der Waals surface area contributed by atoms with E-state index < -0.39 is 0 Å². The molecule has 0 radical (unpaired) electrons.